The lowest BCUT2D eigenvalue weighted by Crippen LogP contribution is -2.56. The van der Waals surface area contributed by atoms with E-state index in [-0.39, 0.29) is 11.9 Å². The van der Waals surface area contributed by atoms with E-state index in [9.17, 15) is 9.59 Å². The lowest BCUT2D eigenvalue weighted by molar-refractivity contribution is -0.135. The zero-order chi connectivity index (χ0) is 24.8. The quantitative estimate of drug-likeness (QED) is 0.515. The normalized spacial score (nSPS) is 18.3. The summed E-state index contributed by atoms with van der Waals surface area (Å²) in [6.07, 6.45) is 10.9. The summed E-state index contributed by atoms with van der Waals surface area (Å²) in [6, 6.07) is 12.3. The van der Waals surface area contributed by atoms with Crippen molar-refractivity contribution in [1.29, 1.82) is 0 Å². The number of carbonyl (C=O) groups excluding carboxylic acids is 2. The molecule has 0 N–H and O–H groups in total. The zero-order valence-corrected chi connectivity index (χ0v) is 21.2. The predicted octanol–water partition coefficient (Wildman–Crippen LogP) is 3.91. The molecule has 0 aliphatic carbocycles. The number of amides is 3. The number of pyridine rings is 1. The van der Waals surface area contributed by atoms with Crippen molar-refractivity contribution in [3.63, 3.8) is 0 Å². The molecule has 1 aromatic heterocycles. The number of likely N-dealkylation sites (tertiary alicyclic amines) is 1. The smallest absolute Gasteiger partial charge is 0.327 e. The molecule has 2 aromatic rings. The molecule has 0 radical (unpaired) electrons. The number of nitrogens with zero attached hydrogens (tertiary/aromatic N) is 5. The highest BCUT2D eigenvalue weighted by Gasteiger charge is 2.56. The van der Waals surface area contributed by atoms with Gasteiger partial charge in [0.1, 0.15) is 5.54 Å². The maximum atomic E-state index is 13.5. The summed E-state index contributed by atoms with van der Waals surface area (Å²) < 4.78 is 0. The number of piperidine rings is 1. The van der Waals surface area contributed by atoms with Gasteiger partial charge in [-0.2, -0.15) is 0 Å². The zero-order valence-electron chi connectivity index (χ0n) is 21.2. The van der Waals surface area contributed by atoms with Crippen LogP contribution in [0.3, 0.4) is 0 Å². The maximum absolute atomic E-state index is 13.5. The van der Waals surface area contributed by atoms with Crippen LogP contribution in [-0.4, -0.2) is 84.0 Å². The van der Waals surface area contributed by atoms with Crippen molar-refractivity contribution in [2.75, 3.05) is 51.7 Å². The van der Waals surface area contributed by atoms with E-state index in [4.69, 9.17) is 0 Å². The number of rotatable bonds is 9. The summed E-state index contributed by atoms with van der Waals surface area (Å²) in [5, 5.41) is 0. The van der Waals surface area contributed by atoms with Crippen LogP contribution >= 0.6 is 0 Å². The minimum absolute atomic E-state index is 0.00768. The van der Waals surface area contributed by atoms with Crippen LogP contribution in [0.15, 0.2) is 54.9 Å². The summed E-state index contributed by atoms with van der Waals surface area (Å²) in [6.45, 7) is 5.46. The van der Waals surface area contributed by atoms with Gasteiger partial charge in [-0.1, -0.05) is 30.4 Å². The van der Waals surface area contributed by atoms with Gasteiger partial charge in [0.25, 0.3) is 5.91 Å². The number of anilines is 1. The molecule has 1 spiro atoms. The van der Waals surface area contributed by atoms with E-state index in [1.165, 1.54) is 16.2 Å². The molecule has 7 nitrogen and oxygen atoms in total. The monoisotopic (exact) mass is 475 g/mol. The fraction of sp³-hybridized carbons (Fsp3) is 0.464. The van der Waals surface area contributed by atoms with Crippen molar-refractivity contribution < 1.29 is 9.59 Å². The van der Waals surface area contributed by atoms with Crippen molar-refractivity contribution >= 4 is 23.7 Å². The number of likely N-dealkylation sites (N-methyl/N-ethyl adjacent to an activating group) is 1. The summed E-state index contributed by atoms with van der Waals surface area (Å²) >= 11 is 0. The number of benzene rings is 1. The van der Waals surface area contributed by atoms with Crippen LogP contribution in [-0.2, 0) is 11.2 Å². The first-order valence-corrected chi connectivity index (χ1v) is 12.6. The number of imide groups is 1. The Balaban J connectivity index is 1.32. The standard InChI is InChI=1S/C28H37N5O2/c1-4-33-27(35)32(19-7-10-24-8-5-17-29-22-24)26(34)28(33)15-20-31(21-16-28)18-6-9-23-11-13-25(14-12-23)30(2)3/h5-6,8-9,11-14,17,22H,4,7,10,15-16,18-21H2,1-3H3/b9-6+. The summed E-state index contributed by atoms with van der Waals surface area (Å²) in [7, 11) is 4.08. The van der Waals surface area contributed by atoms with Gasteiger partial charge in [0, 0.05) is 64.9 Å². The third kappa shape index (κ3) is 5.40. The first-order chi connectivity index (χ1) is 16.9. The molecule has 0 saturated carbocycles. The van der Waals surface area contributed by atoms with E-state index in [0.717, 1.165) is 38.0 Å². The van der Waals surface area contributed by atoms with Gasteiger partial charge in [0.15, 0.2) is 0 Å². The number of carbonyl (C=O) groups is 2. The van der Waals surface area contributed by atoms with Gasteiger partial charge >= 0.3 is 6.03 Å². The minimum Gasteiger partial charge on any atom is -0.378 e. The minimum atomic E-state index is -0.678. The molecule has 186 valence electrons. The lowest BCUT2D eigenvalue weighted by Gasteiger charge is -2.41. The van der Waals surface area contributed by atoms with Gasteiger partial charge in [-0.15, -0.1) is 0 Å². The van der Waals surface area contributed by atoms with E-state index in [0.29, 0.717) is 25.9 Å². The van der Waals surface area contributed by atoms with Crippen LogP contribution in [0.4, 0.5) is 10.5 Å². The fourth-order valence-electron chi connectivity index (χ4n) is 5.22. The second-order valence-corrected chi connectivity index (χ2v) is 9.67. The van der Waals surface area contributed by atoms with Crippen LogP contribution in [0.2, 0.25) is 0 Å². The highest BCUT2D eigenvalue weighted by atomic mass is 16.2. The van der Waals surface area contributed by atoms with Crippen LogP contribution < -0.4 is 4.90 Å². The highest BCUT2D eigenvalue weighted by Crippen LogP contribution is 2.37. The third-order valence-corrected chi connectivity index (χ3v) is 7.27. The molecule has 2 saturated heterocycles. The molecule has 0 bridgehead atoms. The second-order valence-electron chi connectivity index (χ2n) is 9.67. The van der Waals surface area contributed by atoms with Gasteiger partial charge in [0.05, 0.1) is 0 Å². The SMILES string of the molecule is CCN1C(=O)N(CCCc2cccnc2)C(=O)C12CCN(C/C=C/c1ccc(N(C)C)cc1)CC2. The van der Waals surface area contributed by atoms with E-state index < -0.39 is 5.54 Å². The first-order valence-electron chi connectivity index (χ1n) is 12.6. The Morgan fingerprint density at radius 2 is 1.83 bits per heavy atom. The molecule has 0 unspecified atom stereocenters. The largest absolute Gasteiger partial charge is 0.378 e. The maximum Gasteiger partial charge on any atom is 0.327 e. The predicted molar refractivity (Wildman–Crippen MR) is 140 cm³/mol. The molecule has 3 heterocycles. The Kier molecular flexibility index (Phi) is 7.86. The van der Waals surface area contributed by atoms with Gasteiger partial charge in [-0.25, -0.2) is 4.79 Å². The second kappa shape index (κ2) is 11.0. The van der Waals surface area contributed by atoms with Crippen molar-refractivity contribution in [3.05, 3.63) is 66.0 Å². The number of hydrogen-bond donors (Lipinski definition) is 0. The summed E-state index contributed by atoms with van der Waals surface area (Å²) in [4.78, 5) is 38.5. The Hall–Kier alpha value is -3.19. The summed E-state index contributed by atoms with van der Waals surface area (Å²) in [5.41, 5.74) is 2.82. The number of hydrogen-bond acceptors (Lipinski definition) is 5. The molecule has 3 amide bonds. The molecular formula is C28H37N5O2. The van der Waals surface area contributed by atoms with Crippen LogP contribution in [0, 0.1) is 0 Å². The first kappa shape index (κ1) is 24.9. The lowest BCUT2D eigenvalue weighted by atomic mass is 9.85. The van der Waals surface area contributed by atoms with Crippen molar-refractivity contribution in [2.45, 2.75) is 38.1 Å². The third-order valence-electron chi connectivity index (χ3n) is 7.27. The highest BCUT2D eigenvalue weighted by molar-refractivity contribution is 6.07. The molecule has 2 aliphatic rings. The number of urea groups is 1. The molecule has 2 aliphatic heterocycles. The molecule has 0 atom stereocenters. The van der Waals surface area contributed by atoms with Crippen molar-refractivity contribution in [1.82, 2.24) is 19.7 Å². The molecular weight excluding hydrogens is 438 g/mol. The van der Waals surface area contributed by atoms with E-state index in [1.807, 2.05) is 44.2 Å². The molecule has 1 aromatic carbocycles. The van der Waals surface area contributed by atoms with E-state index >= 15 is 0 Å². The van der Waals surface area contributed by atoms with Gasteiger partial charge < -0.3 is 9.80 Å². The number of aromatic nitrogens is 1. The average molecular weight is 476 g/mol. The van der Waals surface area contributed by atoms with E-state index in [1.54, 1.807) is 6.20 Å². The molecule has 2 fully saturated rings. The topological polar surface area (TPSA) is 60.0 Å². The number of aryl methyl sites for hydroxylation is 1. The van der Waals surface area contributed by atoms with Gasteiger partial charge in [-0.05, 0) is 61.9 Å². The Bertz CT molecular complexity index is 1030. The Labute approximate surface area is 209 Å². The Morgan fingerprint density at radius 3 is 2.46 bits per heavy atom. The van der Waals surface area contributed by atoms with Crippen LogP contribution in [0.1, 0.15) is 37.3 Å². The average Bonchev–Trinajstić information content (AvgIpc) is 3.06. The van der Waals surface area contributed by atoms with Gasteiger partial charge in [0.2, 0.25) is 0 Å². The van der Waals surface area contributed by atoms with Crippen molar-refractivity contribution in [2.24, 2.45) is 0 Å². The summed E-state index contributed by atoms with van der Waals surface area (Å²) in [5.74, 6) is -0.00768. The van der Waals surface area contributed by atoms with Crippen LogP contribution in [0.25, 0.3) is 6.08 Å². The molecule has 7 heteroatoms. The van der Waals surface area contributed by atoms with E-state index in [2.05, 4.69) is 51.2 Å². The van der Waals surface area contributed by atoms with Crippen molar-refractivity contribution in [3.8, 4) is 0 Å². The van der Waals surface area contributed by atoms with Gasteiger partial charge in [-0.3, -0.25) is 19.6 Å². The fourth-order valence-corrected chi connectivity index (χ4v) is 5.22. The molecule has 35 heavy (non-hydrogen) atoms. The Morgan fingerprint density at radius 1 is 1.09 bits per heavy atom. The molecule has 4 rings (SSSR count). The van der Waals surface area contributed by atoms with Crippen LogP contribution in [0.5, 0.6) is 0 Å².